The standard InChI is InChI=1S/C11H17NO3/c1-12(2)5-3-4-8-6-10(14)11(15)7-9(8)13/h6-7,13-15H,3-5H2,1-2H3. The fraction of sp³-hybridized carbons (Fsp3) is 0.455. The average Bonchev–Trinajstić information content (AvgIpc) is 2.13. The van der Waals surface area contributed by atoms with Gasteiger partial charge in [0.15, 0.2) is 11.5 Å². The normalized spacial score (nSPS) is 10.9. The van der Waals surface area contributed by atoms with Crippen LogP contribution < -0.4 is 0 Å². The predicted molar refractivity (Wildman–Crippen MR) is 58.3 cm³/mol. The Kier molecular flexibility index (Phi) is 3.80. The second kappa shape index (κ2) is 4.89. The molecular formula is C11H17NO3. The zero-order valence-corrected chi connectivity index (χ0v) is 9.06. The van der Waals surface area contributed by atoms with Gasteiger partial charge in [-0.2, -0.15) is 0 Å². The highest BCUT2D eigenvalue weighted by atomic mass is 16.3. The molecule has 0 spiro atoms. The van der Waals surface area contributed by atoms with Crippen molar-refractivity contribution >= 4 is 0 Å². The highest BCUT2D eigenvalue weighted by Gasteiger charge is 2.07. The van der Waals surface area contributed by atoms with Crippen molar-refractivity contribution in [1.82, 2.24) is 4.90 Å². The van der Waals surface area contributed by atoms with Crippen molar-refractivity contribution < 1.29 is 15.3 Å². The van der Waals surface area contributed by atoms with E-state index >= 15 is 0 Å². The number of aryl methyl sites for hydroxylation is 1. The molecule has 1 aromatic rings. The molecule has 1 aromatic carbocycles. The Bertz CT molecular complexity index is 337. The lowest BCUT2D eigenvalue weighted by atomic mass is 10.1. The van der Waals surface area contributed by atoms with Gasteiger partial charge in [-0.3, -0.25) is 0 Å². The molecule has 0 atom stereocenters. The summed E-state index contributed by atoms with van der Waals surface area (Å²) in [5, 5.41) is 27.9. The van der Waals surface area contributed by atoms with Crippen LogP contribution in [0.5, 0.6) is 17.2 Å². The lowest BCUT2D eigenvalue weighted by Crippen LogP contribution is -2.13. The van der Waals surface area contributed by atoms with E-state index in [9.17, 15) is 10.2 Å². The van der Waals surface area contributed by atoms with Crippen LogP contribution in [-0.4, -0.2) is 40.9 Å². The molecular weight excluding hydrogens is 194 g/mol. The third-order valence-electron chi connectivity index (χ3n) is 2.23. The van der Waals surface area contributed by atoms with Crippen molar-refractivity contribution in [2.75, 3.05) is 20.6 Å². The molecule has 0 aliphatic heterocycles. The Morgan fingerprint density at radius 3 is 2.20 bits per heavy atom. The van der Waals surface area contributed by atoms with E-state index < -0.39 is 0 Å². The summed E-state index contributed by atoms with van der Waals surface area (Å²) in [7, 11) is 3.96. The molecule has 0 aliphatic carbocycles. The van der Waals surface area contributed by atoms with Crippen molar-refractivity contribution in [1.29, 1.82) is 0 Å². The molecule has 0 amide bonds. The Hall–Kier alpha value is -1.42. The average molecular weight is 211 g/mol. The van der Waals surface area contributed by atoms with Gasteiger partial charge < -0.3 is 20.2 Å². The highest BCUT2D eigenvalue weighted by molar-refractivity contribution is 5.48. The molecule has 0 fully saturated rings. The van der Waals surface area contributed by atoms with Crippen LogP contribution >= 0.6 is 0 Å². The first-order valence-electron chi connectivity index (χ1n) is 4.89. The van der Waals surface area contributed by atoms with Gasteiger partial charge >= 0.3 is 0 Å². The summed E-state index contributed by atoms with van der Waals surface area (Å²) in [5.74, 6) is -0.444. The van der Waals surface area contributed by atoms with E-state index in [1.54, 1.807) is 0 Å². The molecule has 0 saturated heterocycles. The number of nitrogens with zero attached hydrogens (tertiary/aromatic N) is 1. The topological polar surface area (TPSA) is 63.9 Å². The minimum Gasteiger partial charge on any atom is -0.508 e. The van der Waals surface area contributed by atoms with Crippen molar-refractivity contribution in [2.45, 2.75) is 12.8 Å². The molecule has 0 aliphatic rings. The molecule has 0 aromatic heterocycles. The lowest BCUT2D eigenvalue weighted by molar-refractivity contribution is 0.387. The predicted octanol–water partition coefficient (Wildman–Crippen LogP) is 1.30. The monoisotopic (exact) mass is 211 g/mol. The molecule has 3 N–H and O–H groups in total. The van der Waals surface area contributed by atoms with Crippen LogP contribution in [0.3, 0.4) is 0 Å². The van der Waals surface area contributed by atoms with Gasteiger partial charge in [0, 0.05) is 6.07 Å². The van der Waals surface area contributed by atoms with Gasteiger partial charge in [-0.25, -0.2) is 0 Å². The van der Waals surface area contributed by atoms with Gasteiger partial charge in [0.25, 0.3) is 0 Å². The van der Waals surface area contributed by atoms with E-state index in [0.29, 0.717) is 12.0 Å². The van der Waals surface area contributed by atoms with Crippen molar-refractivity contribution in [3.8, 4) is 17.2 Å². The minimum atomic E-state index is -0.288. The Balaban J connectivity index is 2.65. The molecule has 1 rings (SSSR count). The number of phenols is 3. The number of hydrogen-bond donors (Lipinski definition) is 3. The number of benzene rings is 1. The smallest absolute Gasteiger partial charge is 0.161 e. The van der Waals surface area contributed by atoms with Crippen LogP contribution in [-0.2, 0) is 6.42 Å². The summed E-state index contributed by atoms with van der Waals surface area (Å²) in [6.45, 7) is 0.918. The zero-order valence-electron chi connectivity index (χ0n) is 9.06. The first kappa shape index (κ1) is 11.7. The van der Waals surface area contributed by atoms with Crippen molar-refractivity contribution in [3.63, 3.8) is 0 Å². The number of aromatic hydroxyl groups is 3. The van der Waals surface area contributed by atoms with Gasteiger partial charge in [0.05, 0.1) is 0 Å². The zero-order chi connectivity index (χ0) is 11.4. The number of phenolic OH excluding ortho intramolecular Hbond substituents is 3. The molecule has 0 heterocycles. The third-order valence-corrected chi connectivity index (χ3v) is 2.23. The Morgan fingerprint density at radius 2 is 1.60 bits per heavy atom. The maximum atomic E-state index is 9.50. The van der Waals surface area contributed by atoms with Gasteiger partial charge in [-0.05, 0) is 45.1 Å². The van der Waals surface area contributed by atoms with E-state index in [-0.39, 0.29) is 17.2 Å². The van der Waals surface area contributed by atoms with Gasteiger partial charge in [0.1, 0.15) is 5.75 Å². The summed E-state index contributed by atoms with van der Waals surface area (Å²) in [4.78, 5) is 2.05. The third kappa shape index (κ3) is 3.32. The van der Waals surface area contributed by atoms with Crippen LogP contribution in [0, 0.1) is 0 Å². The fourth-order valence-electron chi connectivity index (χ4n) is 1.40. The second-order valence-electron chi connectivity index (χ2n) is 3.88. The van der Waals surface area contributed by atoms with E-state index in [2.05, 4.69) is 4.90 Å². The van der Waals surface area contributed by atoms with E-state index in [4.69, 9.17) is 5.11 Å². The van der Waals surface area contributed by atoms with Crippen LogP contribution in [0.4, 0.5) is 0 Å². The van der Waals surface area contributed by atoms with E-state index in [0.717, 1.165) is 13.0 Å². The van der Waals surface area contributed by atoms with Crippen LogP contribution in [0.2, 0.25) is 0 Å². The molecule has 84 valence electrons. The lowest BCUT2D eigenvalue weighted by Gasteiger charge is -2.10. The maximum absolute atomic E-state index is 9.50. The molecule has 0 radical (unpaired) electrons. The summed E-state index contributed by atoms with van der Waals surface area (Å²) in [5.41, 5.74) is 0.659. The quantitative estimate of drug-likeness (QED) is 0.519. The SMILES string of the molecule is CN(C)CCCc1cc(O)c(O)cc1O. The molecule has 4 nitrogen and oxygen atoms in total. The van der Waals surface area contributed by atoms with E-state index in [1.165, 1.54) is 12.1 Å². The fourth-order valence-corrected chi connectivity index (χ4v) is 1.40. The minimum absolute atomic E-state index is 0.0315. The number of hydrogen-bond acceptors (Lipinski definition) is 4. The Morgan fingerprint density at radius 1 is 1.00 bits per heavy atom. The summed E-state index contributed by atoms with van der Waals surface area (Å²) >= 11 is 0. The van der Waals surface area contributed by atoms with Gasteiger partial charge in [-0.1, -0.05) is 0 Å². The van der Waals surface area contributed by atoms with Crippen molar-refractivity contribution in [2.24, 2.45) is 0 Å². The van der Waals surface area contributed by atoms with E-state index in [1.807, 2.05) is 14.1 Å². The molecule has 0 bridgehead atoms. The van der Waals surface area contributed by atoms with Crippen LogP contribution in [0.25, 0.3) is 0 Å². The van der Waals surface area contributed by atoms with Gasteiger partial charge in [-0.15, -0.1) is 0 Å². The molecule has 0 unspecified atom stereocenters. The molecule has 4 heteroatoms. The highest BCUT2D eigenvalue weighted by Crippen LogP contribution is 2.32. The molecule has 0 saturated carbocycles. The maximum Gasteiger partial charge on any atom is 0.161 e. The van der Waals surface area contributed by atoms with Gasteiger partial charge in [0.2, 0.25) is 0 Å². The largest absolute Gasteiger partial charge is 0.508 e. The summed E-state index contributed by atoms with van der Waals surface area (Å²) in [6, 6.07) is 2.57. The first-order valence-corrected chi connectivity index (χ1v) is 4.89. The Labute approximate surface area is 89.4 Å². The second-order valence-corrected chi connectivity index (χ2v) is 3.88. The molecule has 15 heavy (non-hydrogen) atoms. The summed E-state index contributed by atoms with van der Waals surface area (Å²) in [6.07, 6.45) is 1.57. The summed E-state index contributed by atoms with van der Waals surface area (Å²) < 4.78 is 0. The first-order chi connectivity index (χ1) is 7.00. The number of rotatable bonds is 4. The van der Waals surface area contributed by atoms with Crippen LogP contribution in [0.15, 0.2) is 12.1 Å². The van der Waals surface area contributed by atoms with Crippen molar-refractivity contribution in [3.05, 3.63) is 17.7 Å². The van der Waals surface area contributed by atoms with Crippen LogP contribution in [0.1, 0.15) is 12.0 Å².